The van der Waals surface area contributed by atoms with Crippen molar-refractivity contribution < 1.29 is 19.2 Å². The third-order valence-corrected chi connectivity index (χ3v) is 5.01. The van der Waals surface area contributed by atoms with Crippen molar-refractivity contribution in [2.24, 2.45) is 5.92 Å². The Labute approximate surface area is 161 Å². The first-order valence-corrected chi connectivity index (χ1v) is 9.10. The van der Waals surface area contributed by atoms with Crippen molar-refractivity contribution in [1.82, 2.24) is 10.6 Å². The molecule has 2 aromatic rings. The van der Waals surface area contributed by atoms with E-state index in [4.69, 9.17) is 0 Å². The Morgan fingerprint density at radius 2 is 1.71 bits per heavy atom. The van der Waals surface area contributed by atoms with Crippen molar-refractivity contribution in [3.05, 3.63) is 64.7 Å². The lowest BCUT2D eigenvalue weighted by atomic mass is 9.97. The van der Waals surface area contributed by atoms with Gasteiger partial charge < -0.3 is 10.6 Å². The van der Waals surface area contributed by atoms with Crippen molar-refractivity contribution in [3.63, 3.8) is 0 Å². The van der Waals surface area contributed by atoms with E-state index in [2.05, 4.69) is 16.0 Å². The van der Waals surface area contributed by atoms with Crippen LogP contribution in [-0.4, -0.2) is 23.6 Å². The molecule has 0 saturated carbocycles. The van der Waals surface area contributed by atoms with Crippen LogP contribution in [-0.2, 0) is 33.8 Å². The molecule has 2 aliphatic rings. The predicted molar refractivity (Wildman–Crippen MR) is 101 cm³/mol. The van der Waals surface area contributed by atoms with E-state index < -0.39 is 0 Å². The zero-order valence-corrected chi connectivity index (χ0v) is 15.1. The molecule has 0 aromatic heterocycles. The molecule has 1 fully saturated rings. The average Bonchev–Trinajstić information content (AvgIpc) is 3.20. The second kappa shape index (κ2) is 7.26. The van der Waals surface area contributed by atoms with Crippen LogP contribution in [0.3, 0.4) is 0 Å². The standard InChI is InChI=1S/C21H19N3O4/c25-18-9-15-8-13(3-6-17(15)23-18)11-22-20(27)14-4-1-12(2-5-14)7-16-10-19(26)24-21(16)28/h1-6,8,16H,7,9-11H2,(H,22,27)(H,23,25)(H,24,26,28). The Kier molecular flexibility index (Phi) is 4.65. The lowest BCUT2D eigenvalue weighted by Gasteiger charge is -2.09. The molecule has 0 radical (unpaired) electrons. The van der Waals surface area contributed by atoms with Gasteiger partial charge in [-0.05, 0) is 41.3 Å². The van der Waals surface area contributed by atoms with Crippen molar-refractivity contribution >= 4 is 29.3 Å². The first-order chi connectivity index (χ1) is 13.5. The Balaban J connectivity index is 1.34. The lowest BCUT2D eigenvalue weighted by Crippen LogP contribution is -2.23. The largest absolute Gasteiger partial charge is 0.348 e. The summed E-state index contributed by atoms with van der Waals surface area (Å²) in [5, 5.41) is 7.95. The molecule has 2 aliphatic heterocycles. The molecule has 2 heterocycles. The summed E-state index contributed by atoms with van der Waals surface area (Å²) in [6.45, 7) is 0.367. The minimum atomic E-state index is -0.339. The summed E-state index contributed by atoms with van der Waals surface area (Å²) >= 11 is 0. The maximum Gasteiger partial charge on any atom is 0.251 e. The molecule has 1 unspecified atom stereocenters. The van der Waals surface area contributed by atoms with Crippen LogP contribution in [0.15, 0.2) is 42.5 Å². The molecule has 4 rings (SSSR count). The van der Waals surface area contributed by atoms with E-state index >= 15 is 0 Å². The third-order valence-electron chi connectivity index (χ3n) is 5.01. The second-order valence-corrected chi connectivity index (χ2v) is 7.11. The fraction of sp³-hybridized carbons (Fsp3) is 0.238. The third kappa shape index (κ3) is 3.78. The highest BCUT2D eigenvalue weighted by molar-refractivity contribution is 6.03. The summed E-state index contributed by atoms with van der Waals surface area (Å²) in [6, 6.07) is 12.7. The highest BCUT2D eigenvalue weighted by Gasteiger charge is 2.30. The van der Waals surface area contributed by atoms with E-state index in [-0.39, 0.29) is 36.0 Å². The van der Waals surface area contributed by atoms with Crippen LogP contribution in [0, 0.1) is 5.92 Å². The van der Waals surface area contributed by atoms with E-state index in [1.165, 1.54) is 0 Å². The van der Waals surface area contributed by atoms with Gasteiger partial charge in [0.05, 0.1) is 12.3 Å². The van der Waals surface area contributed by atoms with E-state index in [0.29, 0.717) is 24.9 Å². The van der Waals surface area contributed by atoms with Crippen molar-refractivity contribution in [2.75, 3.05) is 5.32 Å². The maximum absolute atomic E-state index is 12.4. The Morgan fingerprint density at radius 3 is 2.43 bits per heavy atom. The predicted octanol–water partition coefficient (Wildman–Crippen LogP) is 1.32. The summed E-state index contributed by atoms with van der Waals surface area (Å²) in [4.78, 5) is 46.7. The van der Waals surface area contributed by atoms with Crippen LogP contribution < -0.4 is 16.0 Å². The number of carbonyl (C=O) groups is 4. The van der Waals surface area contributed by atoms with Crippen LogP contribution in [0.25, 0.3) is 0 Å². The van der Waals surface area contributed by atoms with Crippen LogP contribution >= 0.6 is 0 Å². The van der Waals surface area contributed by atoms with Gasteiger partial charge in [-0.15, -0.1) is 0 Å². The van der Waals surface area contributed by atoms with Gasteiger partial charge in [-0.2, -0.15) is 0 Å². The molecule has 7 nitrogen and oxygen atoms in total. The number of anilines is 1. The number of nitrogens with one attached hydrogen (secondary N) is 3. The zero-order chi connectivity index (χ0) is 19.7. The minimum Gasteiger partial charge on any atom is -0.348 e. The molecule has 3 N–H and O–H groups in total. The summed E-state index contributed by atoms with van der Waals surface area (Å²) in [7, 11) is 0. The smallest absolute Gasteiger partial charge is 0.251 e. The highest BCUT2D eigenvalue weighted by Crippen LogP contribution is 2.24. The lowest BCUT2D eigenvalue weighted by molar-refractivity contribution is -0.125. The molecule has 1 atom stereocenters. The molecular formula is C21H19N3O4. The topological polar surface area (TPSA) is 104 Å². The minimum absolute atomic E-state index is 0.0178. The molecule has 0 spiro atoms. The van der Waals surface area contributed by atoms with Crippen LogP contribution in [0.1, 0.15) is 33.5 Å². The van der Waals surface area contributed by atoms with Crippen LogP contribution in [0.2, 0.25) is 0 Å². The quantitative estimate of drug-likeness (QED) is 0.684. The van der Waals surface area contributed by atoms with Gasteiger partial charge in [-0.3, -0.25) is 24.5 Å². The number of imide groups is 1. The fourth-order valence-electron chi connectivity index (χ4n) is 3.53. The molecule has 142 valence electrons. The van der Waals surface area contributed by atoms with Gasteiger partial charge in [0.2, 0.25) is 17.7 Å². The molecule has 0 aliphatic carbocycles. The number of benzene rings is 2. The summed E-state index contributed by atoms with van der Waals surface area (Å²) in [6.07, 6.45) is 1.05. The van der Waals surface area contributed by atoms with Crippen molar-refractivity contribution in [3.8, 4) is 0 Å². The second-order valence-electron chi connectivity index (χ2n) is 7.11. The molecule has 2 aromatic carbocycles. The summed E-state index contributed by atoms with van der Waals surface area (Å²) in [5.74, 6) is -1.03. The number of carbonyl (C=O) groups excluding carboxylic acids is 4. The van der Waals surface area contributed by atoms with Gasteiger partial charge in [0.1, 0.15) is 0 Å². The van der Waals surface area contributed by atoms with Gasteiger partial charge in [-0.1, -0.05) is 24.3 Å². The van der Waals surface area contributed by atoms with Gasteiger partial charge in [0.15, 0.2) is 0 Å². The molecule has 7 heteroatoms. The molecule has 0 bridgehead atoms. The Hall–Kier alpha value is -3.48. The Morgan fingerprint density at radius 1 is 0.964 bits per heavy atom. The van der Waals surface area contributed by atoms with E-state index in [9.17, 15) is 19.2 Å². The summed E-state index contributed by atoms with van der Waals surface area (Å²) in [5.41, 5.74) is 4.12. The van der Waals surface area contributed by atoms with E-state index in [1.807, 2.05) is 18.2 Å². The highest BCUT2D eigenvalue weighted by atomic mass is 16.2. The zero-order valence-electron chi connectivity index (χ0n) is 15.1. The summed E-state index contributed by atoms with van der Waals surface area (Å²) < 4.78 is 0. The monoisotopic (exact) mass is 377 g/mol. The number of rotatable bonds is 5. The van der Waals surface area contributed by atoms with Crippen LogP contribution in [0.5, 0.6) is 0 Å². The van der Waals surface area contributed by atoms with Gasteiger partial charge >= 0.3 is 0 Å². The molecule has 4 amide bonds. The molecule has 28 heavy (non-hydrogen) atoms. The number of hydrogen-bond acceptors (Lipinski definition) is 4. The van der Waals surface area contributed by atoms with E-state index in [0.717, 1.165) is 22.4 Å². The fourth-order valence-corrected chi connectivity index (χ4v) is 3.53. The van der Waals surface area contributed by atoms with Crippen molar-refractivity contribution in [2.45, 2.75) is 25.8 Å². The molecule has 1 saturated heterocycles. The van der Waals surface area contributed by atoms with Gasteiger partial charge in [-0.25, -0.2) is 0 Å². The van der Waals surface area contributed by atoms with E-state index in [1.54, 1.807) is 24.3 Å². The normalized spacial score (nSPS) is 17.9. The first kappa shape index (κ1) is 17.9. The van der Waals surface area contributed by atoms with Crippen molar-refractivity contribution in [1.29, 1.82) is 0 Å². The first-order valence-electron chi connectivity index (χ1n) is 9.10. The number of fused-ring (bicyclic) bond motifs is 1. The molecular weight excluding hydrogens is 358 g/mol. The van der Waals surface area contributed by atoms with Crippen LogP contribution in [0.4, 0.5) is 5.69 Å². The Bertz CT molecular complexity index is 982. The maximum atomic E-state index is 12.4. The number of hydrogen-bond donors (Lipinski definition) is 3. The van der Waals surface area contributed by atoms with Gasteiger partial charge in [0, 0.05) is 24.2 Å². The average molecular weight is 377 g/mol. The number of amides is 4. The van der Waals surface area contributed by atoms with Gasteiger partial charge in [0.25, 0.3) is 5.91 Å². The SMILES string of the molecule is O=C1CC(Cc2ccc(C(=O)NCc3ccc4c(c3)CC(=O)N4)cc2)C(=O)N1.